The number of rotatable bonds is 12. The van der Waals surface area contributed by atoms with Crippen LogP contribution in [0.5, 0.6) is 0 Å². The SMILES string of the molecule is O=C(O)CCCCC1CC[S][Bi]([O][Bi]2[S]CCC(CCCCC(=O)O)[S]2)[S]1. The molecule has 2 aliphatic rings. The molecule has 0 aromatic rings. The van der Waals surface area contributed by atoms with Gasteiger partial charge in [-0.1, -0.05) is 0 Å². The Morgan fingerprint density at radius 1 is 0.815 bits per heavy atom. The van der Waals surface area contributed by atoms with Gasteiger partial charge in [-0.3, -0.25) is 0 Å². The zero-order valence-corrected chi connectivity index (χ0v) is 25.5. The number of unbranched alkanes of at least 4 members (excludes halogenated alkanes) is 2. The maximum atomic E-state index is 10.6. The molecule has 2 N–H and O–H groups in total. The third-order valence-electron chi connectivity index (χ3n) is 4.21. The molecule has 2 fully saturated rings. The van der Waals surface area contributed by atoms with E-state index in [1.54, 1.807) is 0 Å². The fraction of sp³-hybridized carbons (Fsp3) is 0.875. The van der Waals surface area contributed by atoms with E-state index in [-0.39, 0.29) is 0 Å². The summed E-state index contributed by atoms with van der Waals surface area (Å²) in [6.45, 7) is 0. The molecular weight excluding hydrogens is 818 g/mol. The van der Waals surface area contributed by atoms with Crippen LogP contribution in [0.2, 0.25) is 0 Å². The molecule has 2 heterocycles. The van der Waals surface area contributed by atoms with Crippen molar-refractivity contribution in [2.45, 2.75) is 74.7 Å². The standard InChI is InChI=1S/2C8H16O2S2.2Bi.O/c2*9-8(10)4-2-1-3-7(12)5-6-11;;;/h2*7,11-12H,1-6H2,(H,9,10);;;/q;;2*+2;/p-4. The second-order valence-electron chi connectivity index (χ2n) is 6.51. The molecule has 2 atom stereocenters. The first-order chi connectivity index (χ1) is 13.0. The molecular formula is C16H28Bi2O5S4. The van der Waals surface area contributed by atoms with E-state index in [0.717, 1.165) is 38.5 Å². The maximum absolute atomic E-state index is 10.6. The average molecular weight is 847 g/mol. The average Bonchev–Trinajstić information content (AvgIpc) is 2.63. The summed E-state index contributed by atoms with van der Waals surface area (Å²) >= 11 is -3.81. The molecule has 0 saturated carbocycles. The van der Waals surface area contributed by atoms with E-state index in [9.17, 15) is 9.59 Å². The zero-order chi connectivity index (χ0) is 19.5. The second-order valence-corrected chi connectivity index (χ2v) is 45.9. The first-order valence-corrected chi connectivity index (χ1v) is 32.8. The van der Waals surface area contributed by atoms with E-state index in [1.165, 1.54) is 24.3 Å². The predicted molar refractivity (Wildman–Crippen MR) is 122 cm³/mol. The monoisotopic (exact) mass is 846 g/mol. The van der Waals surface area contributed by atoms with Gasteiger partial charge in [0.1, 0.15) is 0 Å². The van der Waals surface area contributed by atoms with E-state index in [2.05, 4.69) is 34.1 Å². The van der Waals surface area contributed by atoms with Crippen molar-refractivity contribution < 1.29 is 20.7 Å². The molecule has 0 radical (unpaired) electrons. The minimum absolute atomic E-state index is 0.300. The van der Waals surface area contributed by atoms with Gasteiger partial charge in [0.15, 0.2) is 0 Å². The first-order valence-electron chi connectivity index (χ1n) is 9.34. The molecule has 2 saturated heterocycles. The van der Waals surface area contributed by atoms with E-state index in [1.807, 2.05) is 0 Å². The van der Waals surface area contributed by atoms with E-state index < -0.39 is 50.5 Å². The van der Waals surface area contributed by atoms with Gasteiger partial charge in [0.2, 0.25) is 0 Å². The Bertz CT molecular complexity index is 434. The summed E-state index contributed by atoms with van der Waals surface area (Å²) in [5, 5.41) is 18.9. The van der Waals surface area contributed by atoms with Gasteiger partial charge < -0.3 is 0 Å². The molecule has 27 heavy (non-hydrogen) atoms. The van der Waals surface area contributed by atoms with Crippen LogP contribution in [0.25, 0.3) is 0 Å². The number of carboxylic acids is 2. The zero-order valence-electron chi connectivity index (χ0n) is 15.3. The summed E-state index contributed by atoms with van der Waals surface area (Å²) in [6, 6.07) is 0. The number of hydrogen-bond acceptors (Lipinski definition) is 7. The van der Waals surface area contributed by atoms with Crippen LogP contribution in [0.3, 0.4) is 0 Å². The molecule has 0 aromatic carbocycles. The molecule has 0 aromatic heterocycles. The van der Waals surface area contributed by atoms with Gasteiger partial charge in [0.05, 0.1) is 0 Å². The number of aliphatic carboxylic acids is 2. The minimum atomic E-state index is -1.91. The van der Waals surface area contributed by atoms with Gasteiger partial charge in [-0.25, -0.2) is 0 Å². The molecule has 0 bridgehead atoms. The van der Waals surface area contributed by atoms with Crippen LogP contribution in [-0.2, 0) is 10.5 Å². The predicted octanol–water partition coefficient (Wildman–Crippen LogP) is 4.74. The van der Waals surface area contributed by atoms with E-state index in [0.29, 0.717) is 23.3 Å². The van der Waals surface area contributed by atoms with Crippen LogP contribution in [-0.4, -0.2) is 82.7 Å². The topological polar surface area (TPSA) is 83.8 Å². The number of carboxylic acid groups (broad SMARTS) is 2. The van der Waals surface area contributed by atoms with Crippen LogP contribution in [0.15, 0.2) is 0 Å². The van der Waals surface area contributed by atoms with Crippen molar-refractivity contribution in [2.75, 3.05) is 11.5 Å². The van der Waals surface area contributed by atoms with Crippen molar-refractivity contribution in [3.05, 3.63) is 0 Å². The van der Waals surface area contributed by atoms with Crippen molar-refractivity contribution in [3.63, 3.8) is 0 Å². The van der Waals surface area contributed by atoms with Crippen LogP contribution < -0.4 is 0 Å². The first kappa shape index (κ1) is 25.3. The van der Waals surface area contributed by atoms with Gasteiger partial charge in [-0.15, -0.1) is 0 Å². The fourth-order valence-electron chi connectivity index (χ4n) is 2.76. The molecule has 2 rings (SSSR count). The van der Waals surface area contributed by atoms with Crippen molar-refractivity contribution in [3.8, 4) is 0 Å². The number of hydrogen-bond donors (Lipinski definition) is 2. The Kier molecular flexibility index (Phi) is 14.0. The van der Waals surface area contributed by atoms with Crippen LogP contribution in [0.4, 0.5) is 0 Å². The van der Waals surface area contributed by atoms with Gasteiger partial charge in [0.25, 0.3) is 0 Å². The third-order valence-corrected chi connectivity index (χ3v) is 68.2. The van der Waals surface area contributed by atoms with Crippen LogP contribution >= 0.6 is 34.1 Å². The van der Waals surface area contributed by atoms with E-state index >= 15 is 0 Å². The Labute approximate surface area is 189 Å². The summed E-state index contributed by atoms with van der Waals surface area (Å²) in [5.41, 5.74) is 0. The molecule has 11 heteroatoms. The Morgan fingerprint density at radius 3 is 1.67 bits per heavy atom. The van der Waals surface area contributed by atoms with Gasteiger partial charge >= 0.3 is 191 Å². The summed E-state index contributed by atoms with van der Waals surface area (Å²) in [7, 11) is 8.61. The number of carbonyl (C=O) groups is 2. The summed E-state index contributed by atoms with van der Waals surface area (Å²) < 4.78 is 6.75. The Morgan fingerprint density at radius 2 is 1.26 bits per heavy atom. The van der Waals surface area contributed by atoms with Gasteiger partial charge in [-0.05, 0) is 0 Å². The third kappa shape index (κ3) is 11.9. The van der Waals surface area contributed by atoms with Crippen LogP contribution in [0, 0.1) is 0 Å². The Balaban J connectivity index is 1.63. The molecule has 156 valence electrons. The van der Waals surface area contributed by atoms with Crippen LogP contribution in [0.1, 0.15) is 64.2 Å². The summed E-state index contributed by atoms with van der Waals surface area (Å²) in [4.78, 5) is 21.2. The molecule has 0 aliphatic carbocycles. The van der Waals surface area contributed by atoms with Crippen molar-refractivity contribution in [2.24, 2.45) is 0 Å². The van der Waals surface area contributed by atoms with Gasteiger partial charge in [0, 0.05) is 0 Å². The van der Waals surface area contributed by atoms with Crippen molar-refractivity contribution in [1.82, 2.24) is 0 Å². The quantitative estimate of drug-likeness (QED) is 0.214. The van der Waals surface area contributed by atoms with E-state index in [4.69, 9.17) is 11.1 Å². The molecule has 2 aliphatic heterocycles. The van der Waals surface area contributed by atoms with Crippen molar-refractivity contribution in [1.29, 1.82) is 0 Å². The molecule has 5 nitrogen and oxygen atoms in total. The fourth-order valence-corrected chi connectivity index (χ4v) is 94.6. The Hall–Kier alpha value is 2.07. The second kappa shape index (κ2) is 15.0. The summed E-state index contributed by atoms with van der Waals surface area (Å²) in [5.74, 6) is 1.11. The van der Waals surface area contributed by atoms with Gasteiger partial charge in [-0.2, -0.15) is 0 Å². The molecule has 0 amide bonds. The van der Waals surface area contributed by atoms with Crippen molar-refractivity contribution >= 4 is 84.5 Å². The molecule has 2 unspecified atom stereocenters. The molecule has 0 spiro atoms. The summed E-state index contributed by atoms with van der Waals surface area (Å²) in [6.07, 6.45) is 9.07. The normalized spacial score (nSPS) is 24.7.